The predicted octanol–water partition coefficient (Wildman–Crippen LogP) is 1.98. The third-order valence-corrected chi connectivity index (χ3v) is 3.37. The van der Waals surface area contributed by atoms with Gasteiger partial charge in [-0.1, -0.05) is 12.1 Å². The summed E-state index contributed by atoms with van der Waals surface area (Å²) in [5.74, 6) is 2.56. The first kappa shape index (κ1) is 15.2. The molecular formula is C17H22NO3+. The normalized spacial score (nSPS) is 10.2. The van der Waals surface area contributed by atoms with Crippen LogP contribution in [0.3, 0.4) is 0 Å². The van der Waals surface area contributed by atoms with E-state index in [-0.39, 0.29) is 0 Å². The smallest absolute Gasteiger partial charge is 0.131 e. The van der Waals surface area contributed by atoms with Crippen LogP contribution < -0.4 is 19.5 Å². The van der Waals surface area contributed by atoms with Crippen LogP contribution in [0.15, 0.2) is 42.5 Å². The molecule has 4 nitrogen and oxygen atoms in total. The van der Waals surface area contributed by atoms with Crippen molar-refractivity contribution in [2.75, 3.05) is 21.3 Å². The minimum Gasteiger partial charge on any atom is -0.497 e. The quantitative estimate of drug-likeness (QED) is 0.847. The molecular weight excluding hydrogens is 266 g/mol. The third-order valence-electron chi connectivity index (χ3n) is 3.37. The van der Waals surface area contributed by atoms with Crippen LogP contribution in [0.1, 0.15) is 11.1 Å². The lowest BCUT2D eigenvalue weighted by Crippen LogP contribution is -2.80. The molecule has 0 heterocycles. The second kappa shape index (κ2) is 7.55. The zero-order valence-electron chi connectivity index (χ0n) is 12.8. The molecule has 0 aliphatic carbocycles. The van der Waals surface area contributed by atoms with E-state index in [0.717, 1.165) is 35.9 Å². The Labute approximate surface area is 125 Å². The van der Waals surface area contributed by atoms with E-state index in [0.29, 0.717) is 0 Å². The maximum absolute atomic E-state index is 5.41. The lowest BCUT2D eigenvalue weighted by atomic mass is 10.1. The number of rotatable bonds is 7. The van der Waals surface area contributed by atoms with Gasteiger partial charge in [0.05, 0.1) is 21.3 Å². The topological polar surface area (TPSA) is 44.3 Å². The highest BCUT2D eigenvalue weighted by atomic mass is 16.5. The summed E-state index contributed by atoms with van der Waals surface area (Å²) in [6, 6.07) is 14.0. The van der Waals surface area contributed by atoms with Gasteiger partial charge in [0.15, 0.2) is 0 Å². The molecule has 0 aliphatic heterocycles. The molecule has 0 aliphatic rings. The van der Waals surface area contributed by atoms with Crippen molar-refractivity contribution in [3.8, 4) is 17.2 Å². The molecule has 0 atom stereocenters. The number of nitrogens with two attached hydrogens (primary N) is 1. The van der Waals surface area contributed by atoms with Crippen LogP contribution in [0.5, 0.6) is 17.2 Å². The van der Waals surface area contributed by atoms with Crippen LogP contribution >= 0.6 is 0 Å². The monoisotopic (exact) mass is 288 g/mol. The molecule has 2 aromatic carbocycles. The molecule has 0 saturated carbocycles. The molecule has 2 rings (SSSR count). The fourth-order valence-corrected chi connectivity index (χ4v) is 2.21. The van der Waals surface area contributed by atoms with Crippen LogP contribution in [0, 0.1) is 0 Å². The van der Waals surface area contributed by atoms with Gasteiger partial charge in [0.1, 0.15) is 30.3 Å². The van der Waals surface area contributed by atoms with E-state index in [4.69, 9.17) is 14.2 Å². The minimum absolute atomic E-state index is 0.809. The number of hydrogen-bond acceptors (Lipinski definition) is 3. The summed E-state index contributed by atoms with van der Waals surface area (Å²) < 4.78 is 15.8. The first-order chi connectivity index (χ1) is 10.3. The van der Waals surface area contributed by atoms with Gasteiger partial charge in [-0.2, -0.15) is 0 Å². The molecule has 0 radical (unpaired) electrons. The second-order valence-electron chi connectivity index (χ2n) is 4.73. The number of methoxy groups -OCH3 is 3. The van der Waals surface area contributed by atoms with Crippen molar-refractivity contribution in [3.05, 3.63) is 53.6 Å². The van der Waals surface area contributed by atoms with Gasteiger partial charge in [-0.25, -0.2) is 0 Å². The van der Waals surface area contributed by atoms with Crippen molar-refractivity contribution in [1.82, 2.24) is 0 Å². The summed E-state index contributed by atoms with van der Waals surface area (Å²) in [4.78, 5) is 0. The first-order valence-corrected chi connectivity index (χ1v) is 6.92. The van der Waals surface area contributed by atoms with Crippen LogP contribution in [-0.2, 0) is 13.1 Å². The van der Waals surface area contributed by atoms with Crippen molar-refractivity contribution >= 4 is 0 Å². The number of benzene rings is 2. The zero-order chi connectivity index (χ0) is 15.1. The van der Waals surface area contributed by atoms with E-state index >= 15 is 0 Å². The minimum atomic E-state index is 0.809. The maximum atomic E-state index is 5.41. The van der Waals surface area contributed by atoms with Gasteiger partial charge < -0.3 is 19.5 Å². The van der Waals surface area contributed by atoms with E-state index in [2.05, 4.69) is 17.4 Å². The average Bonchev–Trinajstić information content (AvgIpc) is 2.55. The number of hydrogen-bond donors (Lipinski definition) is 1. The molecule has 2 aromatic rings. The summed E-state index contributed by atoms with van der Waals surface area (Å²) >= 11 is 0. The lowest BCUT2D eigenvalue weighted by molar-refractivity contribution is -0.686. The molecule has 0 saturated heterocycles. The van der Waals surface area contributed by atoms with Gasteiger partial charge in [-0.3, -0.25) is 0 Å². The predicted molar refractivity (Wildman–Crippen MR) is 81.9 cm³/mol. The Morgan fingerprint density at radius 1 is 0.810 bits per heavy atom. The molecule has 4 heteroatoms. The van der Waals surface area contributed by atoms with E-state index in [9.17, 15) is 0 Å². The Kier molecular flexibility index (Phi) is 5.46. The molecule has 112 valence electrons. The highest BCUT2D eigenvalue weighted by molar-refractivity contribution is 5.40. The Morgan fingerprint density at radius 2 is 1.57 bits per heavy atom. The summed E-state index contributed by atoms with van der Waals surface area (Å²) in [7, 11) is 5.02. The van der Waals surface area contributed by atoms with Gasteiger partial charge in [-0.15, -0.1) is 0 Å². The number of ether oxygens (including phenoxy) is 3. The van der Waals surface area contributed by atoms with E-state index in [1.165, 1.54) is 5.56 Å². The highest BCUT2D eigenvalue weighted by Gasteiger charge is 2.07. The molecule has 0 aromatic heterocycles. The van der Waals surface area contributed by atoms with Crippen molar-refractivity contribution in [2.45, 2.75) is 13.1 Å². The molecule has 21 heavy (non-hydrogen) atoms. The first-order valence-electron chi connectivity index (χ1n) is 6.92. The van der Waals surface area contributed by atoms with Crippen molar-refractivity contribution in [1.29, 1.82) is 0 Å². The van der Waals surface area contributed by atoms with Crippen molar-refractivity contribution < 1.29 is 19.5 Å². The largest absolute Gasteiger partial charge is 0.497 e. The Balaban J connectivity index is 1.96. The second-order valence-corrected chi connectivity index (χ2v) is 4.73. The molecule has 0 amide bonds. The zero-order valence-corrected chi connectivity index (χ0v) is 12.8. The molecule has 0 spiro atoms. The Bertz CT molecular complexity index is 584. The highest BCUT2D eigenvalue weighted by Crippen LogP contribution is 2.23. The molecule has 0 unspecified atom stereocenters. The van der Waals surface area contributed by atoms with Crippen LogP contribution in [0.25, 0.3) is 0 Å². The Morgan fingerprint density at radius 3 is 2.29 bits per heavy atom. The fourth-order valence-electron chi connectivity index (χ4n) is 2.21. The average molecular weight is 288 g/mol. The number of quaternary nitrogens is 1. The van der Waals surface area contributed by atoms with Crippen molar-refractivity contribution in [2.24, 2.45) is 0 Å². The Hall–Kier alpha value is -2.20. The van der Waals surface area contributed by atoms with E-state index in [1.807, 2.05) is 30.3 Å². The fraction of sp³-hybridized carbons (Fsp3) is 0.294. The molecule has 0 bridgehead atoms. The van der Waals surface area contributed by atoms with Gasteiger partial charge in [0.25, 0.3) is 0 Å². The van der Waals surface area contributed by atoms with Crippen LogP contribution in [0.2, 0.25) is 0 Å². The molecule has 0 fully saturated rings. The SMILES string of the molecule is COc1cccc(C[NH2+]Cc2ccc(OC)cc2OC)c1. The van der Waals surface area contributed by atoms with Gasteiger partial charge in [0.2, 0.25) is 0 Å². The van der Waals surface area contributed by atoms with Gasteiger partial charge >= 0.3 is 0 Å². The molecule has 2 N–H and O–H groups in total. The summed E-state index contributed by atoms with van der Waals surface area (Å²) in [5, 5.41) is 2.24. The maximum Gasteiger partial charge on any atom is 0.131 e. The van der Waals surface area contributed by atoms with Crippen LogP contribution in [-0.4, -0.2) is 21.3 Å². The summed E-state index contributed by atoms with van der Waals surface area (Å²) in [6.07, 6.45) is 0. The van der Waals surface area contributed by atoms with Crippen molar-refractivity contribution in [3.63, 3.8) is 0 Å². The summed E-state index contributed by atoms with van der Waals surface area (Å²) in [6.45, 7) is 1.75. The van der Waals surface area contributed by atoms with Gasteiger partial charge in [-0.05, 0) is 24.3 Å². The van der Waals surface area contributed by atoms with Gasteiger partial charge in [0, 0.05) is 17.2 Å². The van der Waals surface area contributed by atoms with E-state index in [1.54, 1.807) is 21.3 Å². The lowest BCUT2D eigenvalue weighted by Gasteiger charge is -2.10. The van der Waals surface area contributed by atoms with Crippen LogP contribution in [0.4, 0.5) is 0 Å². The summed E-state index contributed by atoms with van der Waals surface area (Å²) in [5.41, 5.74) is 2.39. The van der Waals surface area contributed by atoms with E-state index < -0.39 is 0 Å². The standard InChI is InChI=1S/C17H21NO3/c1-19-15-6-4-5-13(9-15)11-18-12-14-7-8-16(20-2)10-17(14)21-3/h4-10,18H,11-12H2,1-3H3/p+1. The third kappa shape index (κ3) is 4.13.